The van der Waals surface area contributed by atoms with Gasteiger partial charge in [0.2, 0.25) is 0 Å². The smallest absolute Gasteiger partial charge is 0.333 e. The molecule has 10 saturated carbocycles. The molecule has 1 aliphatic heterocycles. The highest BCUT2D eigenvalue weighted by molar-refractivity contribution is 5.88. The highest BCUT2D eigenvalue weighted by Crippen LogP contribution is 2.63. The second-order valence-electron chi connectivity index (χ2n) is 18.8. The van der Waals surface area contributed by atoms with Crippen LogP contribution in [-0.4, -0.2) is 47.8 Å². The van der Waals surface area contributed by atoms with Crippen molar-refractivity contribution in [3.05, 3.63) is 36.5 Å². The Kier molecular flexibility index (Phi) is 9.56. The molecule has 0 aromatic heterocycles. The van der Waals surface area contributed by atoms with Gasteiger partial charge in [0.1, 0.15) is 17.3 Å². The maximum Gasteiger partial charge on any atom is 0.333 e. The molecule has 11 aliphatic rings. The standard InChI is InChI=1S/C15H19NO2.C15H22O2.C13H16O4/c1-10(2)13(17)18-15-6-11-3-12(7-15)5-14(4-11,8-15)9-16;1-9(2)14(16)17-15(3)12-5-10-4-11(7-12)8-13(15)6-10;1-6(2)12(14)17-10-4-7-3-8(10)11-9(7)5-16-13(11)15/h11-12H,1,3-8H2,2H3;10-13H,1,4-8H2,2-3H3;7-11H,1,3-5H2,2H3. The van der Waals surface area contributed by atoms with Gasteiger partial charge in [0.25, 0.3) is 0 Å². The van der Waals surface area contributed by atoms with Gasteiger partial charge in [-0.15, -0.1) is 0 Å². The zero-order chi connectivity index (χ0) is 37.3. The van der Waals surface area contributed by atoms with E-state index in [1.807, 2.05) is 0 Å². The number of carbonyl (C=O) groups is 4. The fourth-order valence-corrected chi connectivity index (χ4v) is 12.9. The monoisotopic (exact) mass is 715 g/mol. The molecule has 7 atom stereocenters. The summed E-state index contributed by atoms with van der Waals surface area (Å²) in [7, 11) is 0. The summed E-state index contributed by atoms with van der Waals surface area (Å²) in [5.41, 5.74) is 0.605. The topological polar surface area (TPSA) is 129 Å². The summed E-state index contributed by atoms with van der Waals surface area (Å²) in [4.78, 5) is 46.8. The molecule has 0 amide bonds. The van der Waals surface area contributed by atoms with Gasteiger partial charge in [-0.25, -0.2) is 14.4 Å². The van der Waals surface area contributed by atoms with Crippen molar-refractivity contribution in [2.75, 3.05) is 6.61 Å². The Labute approximate surface area is 308 Å². The average molecular weight is 716 g/mol. The van der Waals surface area contributed by atoms with Crippen molar-refractivity contribution in [1.29, 1.82) is 5.26 Å². The first-order chi connectivity index (χ1) is 24.5. The Balaban J connectivity index is 0.000000121. The van der Waals surface area contributed by atoms with E-state index in [4.69, 9.17) is 18.9 Å². The van der Waals surface area contributed by atoms with Gasteiger partial charge in [0.15, 0.2) is 0 Å². The lowest BCUT2D eigenvalue weighted by Crippen LogP contribution is -2.58. The number of hydrogen-bond donors (Lipinski definition) is 0. The number of nitrogens with zero attached hydrogens (tertiary/aromatic N) is 1. The van der Waals surface area contributed by atoms with Crippen LogP contribution >= 0.6 is 0 Å². The molecule has 10 bridgehead atoms. The van der Waals surface area contributed by atoms with Crippen LogP contribution in [0, 0.1) is 75.9 Å². The van der Waals surface area contributed by atoms with Gasteiger partial charge < -0.3 is 18.9 Å². The Hall–Kier alpha value is -3.41. The summed E-state index contributed by atoms with van der Waals surface area (Å²) in [6.07, 6.45) is 14.1. The minimum atomic E-state index is -0.365. The lowest BCUT2D eigenvalue weighted by atomic mass is 9.48. The molecule has 9 heteroatoms. The predicted octanol–water partition coefficient (Wildman–Crippen LogP) is 7.59. The van der Waals surface area contributed by atoms with E-state index in [0.717, 1.165) is 56.8 Å². The summed E-state index contributed by atoms with van der Waals surface area (Å²) >= 11 is 0. The fourth-order valence-electron chi connectivity index (χ4n) is 12.9. The lowest BCUT2D eigenvalue weighted by Gasteiger charge is -2.59. The average Bonchev–Trinajstić information content (AvgIpc) is 3.76. The highest BCUT2D eigenvalue weighted by atomic mass is 16.6. The molecule has 11 rings (SSSR count). The Morgan fingerprint density at radius 2 is 1.27 bits per heavy atom. The Bertz CT molecular complexity index is 1560. The van der Waals surface area contributed by atoms with Crippen LogP contribution < -0.4 is 0 Å². The SMILES string of the molecule is C=C(C)C(=O)OC1(C)C2CC3CC(C2)CC1C3.C=C(C)C(=O)OC12CC3CC(CC(C#N)(C3)C1)C2.C=C(C)C(=O)OC1CC2CC1C1C(=O)OCC21. The number of rotatable bonds is 6. The van der Waals surface area contributed by atoms with Gasteiger partial charge in [0.05, 0.1) is 24.0 Å². The molecule has 0 aromatic rings. The van der Waals surface area contributed by atoms with E-state index < -0.39 is 0 Å². The van der Waals surface area contributed by atoms with Crippen molar-refractivity contribution < 1.29 is 38.1 Å². The summed E-state index contributed by atoms with van der Waals surface area (Å²) in [5.74, 6) is 4.24. The first-order valence-electron chi connectivity index (χ1n) is 19.7. The largest absolute Gasteiger partial charge is 0.465 e. The number of carbonyl (C=O) groups excluding carboxylic acids is 4. The van der Waals surface area contributed by atoms with Crippen molar-refractivity contribution in [1.82, 2.24) is 0 Å². The maximum atomic E-state index is 11.8. The third-order valence-corrected chi connectivity index (χ3v) is 14.7. The minimum Gasteiger partial charge on any atom is -0.465 e. The van der Waals surface area contributed by atoms with Crippen LogP contribution in [0.4, 0.5) is 0 Å². The molecule has 282 valence electrons. The zero-order valence-electron chi connectivity index (χ0n) is 31.6. The predicted molar refractivity (Wildman–Crippen MR) is 192 cm³/mol. The molecule has 10 aliphatic carbocycles. The number of esters is 4. The van der Waals surface area contributed by atoms with Crippen molar-refractivity contribution in [3.63, 3.8) is 0 Å². The summed E-state index contributed by atoms with van der Waals surface area (Å²) in [5, 5.41) is 9.48. The Morgan fingerprint density at radius 3 is 1.81 bits per heavy atom. The number of fused-ring (bicyclic) bond motifs is 5. The van der Waals surface area contributed by atoms with Gasteiger partial charge >= 0.3 is 23.9 Å². The van der Waals surface area contributed by atoms with E-state index in [1.165, 1.54) is 38.5 Å². The number of ether oxygens (including phenoxy) is 4. The van der Waals surface area contributed by atoms with Crippen LogP contribution in [0.25, 0.3) is 0 Å². The molecular weight excluding hydrogens is 658 g/mol. The van der Waals surface area contributed by atoms with Crippen molar-refractivity contribution >= 4 is 23.9 Å². The van der Waals surface area contributed by atoms with Crippen LogP contribution in [0.2, 0.25) is 0 Å². The quantitative estimate of drug-likeness (QED) is 0.155. The molecule has 1 saturated heterocycles. The maximum absolute atomic E-state index is 11.8. The zero-order valence-corrected chi connectivity index (χ0v) is 31.6. The van der Waals surface area contributed by atoms with Crippen LogP contribution in [0.15, 0.2) is 36.5 Å². The van der Waals surface area contributed by atoms with Gasteiger partial charge in [-0.2, -0.15) is 5.26 Å². The van der Waals surface area contributed by atoms with Gasteiger partial charge in [0, 0.05) is 35.0 Å². The molecular formula is C43H57NO8. The third kappa shape index (κ3) is 6.66. The van der Waals surface area contributed by atoms with Gasteiger partial charge in [-0.3, -0.25) is 4.79 Å². The molecule has 11 fully saturated rings. The third-order valence-electron chi connectivity index (χ3n) is 14.7. The van der Waals surface area contributed by atoms with Gasteiger partial charge in [-0.05, 0) is 146 Å². The van der Waals surface area contributed by atoms with E-state index in [1.54, 1.807) is 20.8 Å². The second kappa shape index (κ2) is 13.5. The van der Waals surface area contributed by atoms with Gasteiger partial charge in [-0.1, -0.05) is 19.7 Å². The Morgan fingerprint density at radius 1 is 0.731 bits per heavy atom. The number of hydrogen-bond acceptors (Lipinski definition) is 9. The van der Waals surface area contributed by atoms with E-state index in [2.05, 4.69) is 32.7 Å². The molecule has 9 nitrogen and oxygen atoms in total. The first-order valence-corrected chi connectivity index (χ1v) is 19.7. The molecule has 7 unspecified atom stereocenters. The first kappa shape index (κ1) is 36.9. The minimum absolute atomic E-state index is 0.0309. The van der Waals surface area contributed by atoms with E-state index in [0.29, 0.717) is 58.8 Å². The summed E-state index contributed by atoms with van der Waals surface area (Å²) in [6.45, 7) is 18.7. The molecule has 0 N–H and O–H groups in total. The van der Waals surface area contributed by atoms with E-state index in [9.17, 15) is 24.4 Å². The summed E-state index contributed by atoms with van der Waals surface area (Å²) < 4.78 is 22.1. The fraction of sp³-hybridized carbons (Fsp3) is 0.744. The van der Waals surface area contributed by atoms with E-state index >= 15 is 0 Å². The highest BCUT2D eigenvalue weighted by Gasteiger charge is 2.61. The van der Waals surface area contributed by atoms with Crippen molar-refractivity contribution in [2.24, 2.45) is 64.6 Å². The van der Waals surface area contributed by atoms with Crippen LogP contribution in [0.1, 0.15) is 111 Å². The molecule has 0 spiro atoms. The molecule has 0 aromatic carbocycles. The van der Waals surface area contributed by atoms with Crippen LogP contribution in [0.5, 0.6) is 0 Å². The normalized spacial score (nSPS) is 44.5. The summed E-state index contributed by atoms with van der Waals surface area (Å²) in [6, 6.07) is 2.52. The number of nitriles is 1. The lowest BCUT2D eigenvalue weighted by molar-refractivity contribution is -0.199. The second-order valence-corrected chi connectivity index (χ2v) is 18.8. The van der Waals surface area contributed by atoms with Crippen molar-refractivity contribution in [2.45, 2.75) is 128 Å². The molecule has 1 heterocycles. The molecule has 52 heavy (non-hydrogen) atoms. The van der Waals surface area contributed by atoms with Crippen molar-refractivity contribution in [3.8, 4) is 6.07 Å². The van der Waals surface area contributed by atoms with E-state index in [-0.39, 0.29) is 58.4 Å². The number of cyclic esters (lactones) is 1. The van der Waals surface area contributed by atoms with Crippen LogP contribution in [0.3, 0.4) is 0 Å². The van der Waals surface area contributed by atoms with Crippen LogP contribution in [-0.2, 0) is 38.1 Å². The molecule has 0 radical (unpaired) electrons.